The molecule has 0 spiro atoms. The Morgan fingerprint density at radius 3 is 2.80 bits per heavy atom. The quantitative estimate of drug-likeness (QED) is 0.712. The molecule has 0 aromatic carbocycles. The van der Waals surface area contributed by atoms with Gasteiger partial charge in [0.15, 0.2) is 0 Å². The van der Waals surface area contributed by atoms with Gasteiger partial charge in [0, 0.05) is 19.7 Å². The van der Waals surface area contributed by atoms with Gasteiger partial charge >= 0.3 is 5.97 Å². The summed E-state index contributed by atoms with van der Waals surface area (Å²) in [5.74, 6) is -1.24. The van der Waals surface area contributed by atoms with E-state index in [9.17, 15) is 9.59 Å². The molecule has 0 aliphatic carbocycles. The van der Waals surface area contributed by atoms with E-state index in [1.807, 2.05) is 0 Å². The number of amides is 1. The molecule has 2 N–H and O–H groups in total. The van der Waals surface area contributed by atoms with Crippen LogP contribution < -0.4 is 5.32 Å². The van der Waals surface area contributed by atoms with E-state index in [2.05, 4.69) is 10.4 Å². The van der Waals surface area contributed by atoms with E-state index < -0.39 is 5.97 Å². The fraction of sp³-hybridized carbons (Fsp3) is 0.444. The van der Waals surface area contributed by atoms with Crippen LogP contribution in [-0.2, 0) is 23.2 Å². The Bertz CT molecular complexity index is 359. The lowest BCUT2D eigenvalue weighted by Crippen LogP contribution is -2.23. The van der Waals surface area contributed by atoms with Crippen molar-refractivity contribution in [2.24, 2.45) is 7.05 Å². The zero-order valence-electron chi connectivity index (χ0n) is 8.43. The molecule has 0 aliphatic rings. The summed E-state index contributed by atoms with van der Waals surface area (Å²) >= 11 is 0. The molecule has 6 heteroatoms. The molecule has 1 heterocycles. The first-order valence-electron chi connectivity index (χ1n) is 4.55. The number of aliphatic carboxylic acids is 1. The number of hydrogen-bond acceptors (Lipinski definition) is 3. The fourth-order valence-electron chi connectivity index (χ4n) is 1.06. The van der Waals surface area contributed by atoms with Gasteiger partial charge in [-0.25, -0.2) is 0 Å². The Balaban J connectivity index is 2.25. The van der Waals surface area contributed by atoms with Crippen molar-refractivity contribution in [2.45, 2.75) is 19.4 Å². The van der Waals surface area contributed by atoms with Crippen LogP contribution in [0.15, 0.2) is 12.3 Å². The van der Waals surface area contributed by atoms with E-state index in [-0.39, 0.29) is 18.7 Å². The van der Waals surface area contributed by atoms with E-state index >= 15 is 0 Å². The highest BCUT2D eigenvalue weighted by atomic mass is 16.4. The monoisotopic (exact) mass is 211 g/mol. The lowest BCUT2D eigenvalue weighted by molar-refractivity contribution is -0.138. The highest BCUT2D eigenvalue weighted by Gasteiger charge is 2.05. The molecule has 0 aliphatic heterocycles. The number of carboxylic acids is 1. The second kappa shape index (κ2) is 5.14. The third-order valence-electron chi connectivity index (χ3n) is 1.80. The van der Waals surface area contributed by atoms with E-state index in [1.165, 1.54) is 0 Å². The number of carboxylic acid groups (broad SMARTS) is 1. The third kappa shape index (κ3) is 4.26. The molecule has 0 unspecified atom stereocenters. The lowest BCUT2D eigenvalue weighted by Gasteiger charge is -2.00. The minimum atomic E-state index is -0.969. The molecule has 0 fully saturated rings. The van der Waals surface area contributed by atoms with Crippen LogP contribution in [0.3, 0.4) is 0 Å². The molecule has 82 valence electrons. The molecule has 15 heavy (non-hydrogen) atoms. The number of aryl methyl sites for hydroxylation is 1. The summed E-state index contributed by atoms with van der Waals surface area (Å²) < 4.78 is 1.64. The number of nitrogens with zero attached hydrogens (tertiary/aromatic N) is 2. The third-order valence-corrected chi connectivity index (χ3v) is 1.80. The summed E-state index contributed by atoms with van der Waals surface area (Å²) in [6.07, 6.45) is 1.63. The predicted molar refractivity (Wildman–Crippen MR) is 51.9 cm³/mol. The van der Waals surface area contributed by atoms with E-state index in [0.29, 0.717) is 6.54 Å². The maximum absolute atomic E-state index is 11.1. The molecule has 1 rings (SSSR count). The molecular formula is C9H13N3O3. The average molecular weight is 211 g/mol. The molecule has 0 atom stereocenters. The molecule has 0 radical (unpaired) electrons. The minimum absolute atomic E-state index is 0.00215. The van der Waals surface area contributed by atoms with Gasteiger partial charge in [0.2, 0.25) is 5.91 Å². The Labute approximate surface area is 86.9 Å². The number of aromatic nitrogens is 2. The summed E-state index contributed by atoms with van der Waals surface area (Å²) in [4.78, 5) is 21.3. The first-order valence-corrected chi connectivity index (χ1v) is 4.55. The minimum Gasteiger partial charge on any atom is -0.481 e. The summed E-state index contributed by atoms with van der Waals surface area (Å²) in [5.41, 5.74) is 0.751. The molecular weight excluding hydrogens is 198 g/mol. The number of rotatable bonds is 5. The normalized spacial score (nSPS) is 9.93. The molecule has 0 saturated heterocycles. The maximum Gasteiger partial charge on any atom is 0.303 e. The van der Waals surface area contributed by atoms with Gasteiger partial charge in [-0.3, -0.25) is 14.3 Å². The Morgan fingerprint density at radius 1 is 1.53 bits per heavy atom. The van der Waals surface area contributed by atoms with Gasteiger partial charge in [-0.15, -0.1) is 0 Å². The SMILES string of the molecule is Cn1ccc(CNC(=O)CCC(=O)O)n1. The van der Waals surface area contributed by atoms with Gasteiger partial charge in [-0.1, -0.05) is 0 Å². The van der Waals surface area contributed by atoms with Gasteiger partial charge in [-0.05, 0) is 6.07 Å². The standard InChI is InChI=1S/C9H13N3O3/c1-12-5-4-7(11-12)6-10-8(13)2-3-9(14)15/h4-5H,2-3,6H2,1H3,(H,10,13)(H,14,15). The van der Waals surface area contributed by atoms with Crippen molar-refractivity contribution in [2.75, 3.05) is 0 Å². The van der Waals surface area contributed by atoms with E-state index in [0.717, 1.165) is 5.69 Å². The van der Waals surface area contributed by atoms with Gasteiger partial charge in [0.25, 0.3) is 0 Å². The predicted octanol–water partition coefficient (Wildman–Crippen LogP) is -0.0989. The summed E-state index contributed by atoms with van der Waals surface area (Å²) in [6.45, 7) is 0.333. The molecule has 1 aromatic heterocycles. The van der Waals surface area contributed by atoms with Gasteiger partial charge in [0.05, 0.1) is 18.7 Å². The first-order chi connectivity index (χ1) is 7.08. The molecule has 1 aromatic rings. The van der Waals surface area contributed by atoms with Gasteiger partial charge in [0.1, 0.15) is 0 Å². The number of hydrogen-bond donors (Lipinski definition) is 2. The van der Waals surface area contributed by atoms with Gasteiger partial charge in [-0.2, -0.15) is 5.10 Å². The van der Waals surface area contributed by atoms with Crippen molar-refractivity contribution in [1.29, 1.82) is 0 Å². The van der Waals surface area contributed by atoms with E-state index in [1.54, 1.807) is 24.0 Å². The van der Waals surface area contributed by atoms with Crippen molar-refractivity contribution < 1.29 is 14.7 Å². The number of carbonyl (C=O) groups excluding carboxylic acids is 1. The summed E-state index contributed by atoms with van der Waals surface area (Å²) in [7, 11) is 1.79. The topological polar surface area (TPSA) is 84.2 Å². The maximum atomic E-state index is 11.1. The van der Waals surface area contributed by atoms with Crippen LogP contribution in [0.4, 0.5) is 0 Å². The second-order valence-corrected chi connectivity index (χ2v) is 3.15. The van der Waals surface area contributed by atoms with Crippen molar-refractivity contribution in [3.05, 3.63) is 18.0 Å². The van der Waals surface area contributed by atoms with Crippen LogP contribution in [-0.4, -0.2) is 26.8 Å². The second-order valence-electron chi connectivity index (χ2n) is 3.15. The fourth-order valence-corrected chi connectivity index (χ4v) is 1.06. The zero-order valence-corrected chi connectivity index (χ0v) is 8.43. The van der Waals surface area contributed by atoms with Crippen LogP contribution in [0.5, 0.6) is 0 Å². The molecule has 6 nitrogen and oxygen atoms in total. The number of carbonyl (C=O) groups is 2. The smallest absolute Gasteiger partial charge is 0.303 e. The van der Waals surface area contributed by atoms with Crippen LogP contribution >= 0.6 is 0 Å². The van der Waals surface area contributed by atoms with Crippen LogP contribution in [0.2, 0.25) is 0 Å². The lowest BCUT2D eigenvalue weighted by atomic mass is 10.3. The Morgan fingerprint density at radius 2 is 2.27 bits per heavy atom. The first kappa shape index (κ1) is 11.2. The molecule has 1 amide bonds. The Kier molecular flexibility index (Phi) is 3.84. The Hall–Kier alpha value is -1.85. The van der Waals surface area contributed by atoms with E-state index in [4.69, 9.17) is 5.11 Å². The highest BCUT2D eigenvalue weighted by molar-refractivity contribution is 5.80. The van der Waals surface area contributed by atoms with Crippen LogP contribution in [0, 0.1) is 0 Å². The van der Waals surface area contributed by atoms with Crippen molar-refractivity contribution >= 4 is 11.9 Å². The van der Waals surface area contributed by atoms with Crippen molar-refractivity contribution in [3.63, 3.8) is 0 Å². The largest absolute Gasteiger partial charge is 0.481 e. The van der Waals surface area contributed by atoms with Crippen LogP contribution in [0.1, 0.15) is 18.5 Å². The zero-order chi connectivity index (χ0) is 11.3. The molecule has 0 bridgehead atoms. The van der Waals surface area contributed by atoms with Crippen LogP contribution in [0.25, 0.3) is 0 Å². The number of nitrogens with one attached hydrogen (secondary N) is 1. The van der Waals surface area contributed by atoms with Gasteiger partial charge < -0.3 is 10.4 Å². The highest BCUT2D eigenvalue weighted by Crippen LogP contribution is 1.94. The average Bonchev–Trinajstić information content (AvgIpc) is 2.58. The summed E-state index contributed by atoms with van der Waals surface area (Å²) in [6, 6.07) is 1.79. The molecule has 0 saturated carbocycles. The van der Waals surface area contributed by atoms with Crippen molar-refractivity contribution in [1.82, 2.24) is 15.1 Å². The van der Waals surface area contributed by atoms with Crippen molar-refractivity contribution in [3.8, 4) is 0 Å². The summed E-state index contributed by atoms with van der Waals surface area (Å²) in [5, 5.41) is 15.0.